The first-order chi connectivity index (χ1) is 16.9. The number of imide groups is 1. The topological polar surface area (TPSA) is 58.6 Å². The van der Waals surface area contributed by atoms with E-state index in [4.69, 9.17) is 39.5 Å². The molecule has 1 aliphatic rings. The summed E-state index contributed by atoms with van der Waals surface area (Å²) in [6.07, 6.45) is 1.63. The van der Waals surface area contributed by atoms with Gasteiger partial charge in [-0.15, -0.1) is 0 Å². The summed E-state index contributed by atoms with van der Waals surface area (Å²) in [7, 11) is 0. The number of halogens is 3. The molecule has 3 amide bonds. The van der Waals surface area contributed by atoms with Gasteiger partial charge in [-0.1, -0.05) is 77.3 Å². The van der Waals surface area contributed by atoms with Gasteiger partial charge in [0.15, 0.2) is 0 Å². The SMILES string of the molecule is O=C1N/C(=C/c2c(OCc3ccc(Cl)cc3Cl)ccc3ccccc23)C(=O)N1c1cccc(Cl)c1. The Kier molecular flexibility index (Phi) is 6.39. The smallest absolute Gasteiger partial charge is 0.333 e. The van der Waals surface area contributed by atoms with Crippen LogP contribution in [0.4, 0.5) is 10.5 Å². The molecule has 5 rings (SSSR count). The maximum atomic E-state index is 13.2. The van der Waals surface area contributed by atoms with Crippen LogP contribution in [-0.4, -0.2) is 11.9 Å². The zero-order valence-corrected chi connectivity index (χ0v) is 20.4. The molecule has 1 N–H and O–H groups in total. The monoisotopic (exact) mass is 522 g/mol. The number of fused-ring (bicyclic) bond motifs is 1. The largest absolute Gasteiger partial charge is 0.488 e. The molecule has 1 fully saturated rings. The van der Waals surface area contributed by atoms with Crippen molar-refractivity contribution >= 4 is 69.3 Å². The van der Waals surface area contributed by atoms with Crippen molar-refractivity contribution in [3.63, 3.8) is 0 Å². The van der Waals surface area contributed by atoms with Gasteiger partial charge in [-0.05, 0) is 53.2 Å². The highest BCUT2D eigenvalue weighted by atomic mass is 35.5. The second-order valence-corrected chi connectivity index (χ2v) is 9.11. The fraction of sp³-hybridized carbons (Fsp3) is 0.0370. The Hall–Kier alpha value is -3.51. The van der Waals surface area contributed by atoms with Crippen molar-refractivity contribution in [3.8, 4) is 5.75 Å². The Bertz CT molecular complexity index is 1520. The molecule has 5 nitrogen and oxygen atoms in total. The first kappa shape index (κ1) is 23.2. The number of benzene rings is 4. The number of nitrogens with one attached hydrogen (secondary N) is 1. The van der Waals surface area contributed by atoms with E-state index in [1.54, 1.807) is 48.5 Å². The van der Waals surface area contributed by atoms with Crippen LogP contribution < -0.4 is 15.0 Å². The van der Waals surface area contributed by atoms with Crippen molar-refractivity contribution in [1.29, 1.82) is 0 Å². The molecule has 8 heteroatoms. The molecule has 0 saturated carbocycles. The number of rotatable bonds is 5. The van der Waals surface area contributed by atoms with Crippen LogP contribution in [0, 0.1) is 0 Å². The molecule has 0 aliphatic carbocycles. The minimum atomic E-state index is -0.556. The van der Waals surface area contributed by atoms with Gasteiger partial charge in [-0.2, -0.15) is 0 Å². The van der Waals surface area contributed by atoms with Crippen molar-refractivity contribution in [2.75, 3.05) is 4.90 Å². The summed E-state index contributed by atoms with van der Waals surface area (Å²) in [5.41, 5.74) is 1.93. The van der Waals surface area contributed by atoms with Crippen molar-refractivity contribution in [2.24, 2.45) is 0 Å². The lowest BCUT2D eigenvalue weighted by atomic mass is 10.0. The van der Waals surface area contributed by atoms with Crippen LogP contribution in [0.5, 0.6) is 5.75 Å². The Balaban J connectivity index is 1.53. The first-order valence-electron chi connectivity index (χ1n) is 10.6. The maximum absolute atomic E-state index is 13.2. The zero-order valence-electron chi connectivity index (χ0n) is 18.1. The van der Waals surface area contributed by atoms with Crippen LogP contribution in [0.3, 0.4) is 0 Å². The zero-order chi connectivity index (χ0) is 24.5. The first-order valence-corrected chi connectivity index (χ1v) is 11.8. The predicted molar refractivity (Wildman–Crippen MR) is 140 cm³/mol. The Morgan fingerprint density at radius 2 is 1.66 bits per heavy atom. The van der Waals surface area contributed by atoms with Crippen LogP contribution in [0.15, 0.2) is 84.6 Å². The van der Waals surface area contributed by atoms with E-state index in [0.717, 1.165) is 21.2 Å². The number of urea groups is 1. The van der Waals surface area contributed by atoms with Gasteiger partial charge < -0.3 is 10.1 Å². The molecule has 1 aliphatic heterocycles. The third-order valence-corrected chi connectivity index (χ3v) is 6.38. The molecule has 0 unspecified atom stereocenters. The van der Waals surface area contributed by atoms with E-state index in [9.17, 15) is 9.59 Å². The molecule has 0 radical (unpaired) electrons. The summed E-state index contributed by atoms with van der Waals surface area (Å²) in [5, 5.41) is 5.94. The second kappa shape index (κ2) is 9.62. The van der Waals surface area contributed by atoms with E-state index in [1.165, 1.54) is 0 Å². The Morgan fingerprint density at radius 3 is 2.46 bits per heavy atom. The predicted octanol–water partition coefficient (Wildman–Crippen LogP) is 7.48. The summed E-state index contributed by atoms with van der Waals surface area (Å²) in [6, 6.07) is 22.7. The molecule has 4 aromatic rings. The van der Waals surface area contributed by atoms with Gasteiger partial charge >= 0.3 is 6.03 Å². The lowest BCUT2D eigenvalue weighted by Gasteiger charge is -2.14. The minimum absolute atomic E-state index is 0.126. The standard InChI is InChI=1S/C27H17Cl3N2O3/c28-18-5-3-6-20(12-18)32-26(33)24(31-27(32)34)14-22-21-7-2-1-4-16(21)9-11-25(22)35-15-17-8-10-19(29)13-23(17)30/h1-14H,15H2,(H,31,34)/b24-14+. The van der Waals surface area contributed by atoms with Gasteiger partial charge in [-0.25, -0.2) is 9.69 Å². The molecule has 35 heavy (non-hydrogen) atoms. The molecule has 1 saturated heterocycles. The van der Waals surface area contributed by atoms with E-state index in [2.05, 4.69) is 5.32 Å². The summed E-state index contributed by atoms with van der Waals surface area (Å²) in [6.45, 7) is 0.194. The number of hydrogen-bond donors (Lipinski definition) is 1. The van der Waals surface area contributed by atoms with Crippen LogP contribution in [-0.2, 0) is 11.4 Å². The molecule has 0 spiro atoms. The van der Waals surface area contributed by atoms with Crippen molar-refractivity contribution in [3.05, 3.63) is 111 Å². The van der Waals surface area contributed by atoms with Crippen LogP contribution in [0.25, 0.3) is 16.8 Å². The van der Waals surface area contributed by atoms with Gasteiger partial charge in [-0.3, -0.25) is 4.79 Å². The summed E-state index contributed by atoms with van der Waals surface area (Å²) < 4.78 is 6.12. The van der Waals surface area contributed by atoms with Crippen LogP contribution in [0.2, 0.25) is 15.1 Å². The highest BCUT2D eigenvalue weighted by Gasteiger charge is 2.35. The number of carbonyl (C=O) groups excluding carboxylic acids is 2. The van der Waals surface area contributed by atoms with Gasteiger partial charge in [0.25, 0.3) is 5.91 Å². The number of ether oxygens (including phenoxy) is 1. The average Bonchev–Trinajstić information content (AvgIpc) is 3.12. The van der Waals surface area contributed by atoms with Gasteiger partial charge in [0.2, 0.25) is 0 Å². The number of anilines is 1. The third kappa shape index (κ3) is 4.71. The lowest BCUT2D eigenvalue weighted by Crippen LogP contribution is -2.30. The molecular formula is C27H17Cl3N2O3. The molecule has 4 aromatic carbocycles. The molecule has 0 atom stereocenters. The quantitative estimate of drug-likeness (QED) is 0.218. The Labute approximate surface area is 216 Å². The van der Waals surface area contributed by atoms with Gasteiger partial charge in [0.05, 0.1) is 5.69 Å². The van der Waals surface area contributed by atoms with Gasteiger partial charge in [0, 0.05) is 26.2 Å². The second-order valence-electron chi connectivity index (χ2n) is 7.83. The lowest BCUT2D eigenvalue weighted by molar-refractivity contribution is -0.113. The van der Waals surface area contributed by atoms with Gasteiger partial charge in [0.1, 0.15) is 18.1 Å². The highest BCUT2D eigenvalue weighted by molar-refractivity contribution is 6.35. The fourth-order valence-corrected chi connectivity index (χ4v) is 4.52. The van der Waals surface area contributed by atoms with Crippen molar-refractivity contribution < 1.29 is 14.3 Å². The van der Waals surface area contributed by atoms with E-state index < -0.39 is 11.9 Å². The van der Waals surface area contributed by atoms with Crippen LogP contribution >= 0.6 is 34.8 Å². The van der Waals surface area contributed by atoms with E-state index in [0.29, 0.717) is 32.1 Å². The summed E-state index contributed by atoms with van der Waals surface area (Å²) >= 11 is 18.4. The van der Waals surface area contributed by atoms with Crippen LogP contribution in [0.1, 0.15) is 11.1 Å². The fourth-order valence-electron chi connectivity index (χ4n) is 3.87. The van der Waals surface area contributed by atoms with E-state index >= 15 is 0 Å². The average molecular weight is 524 g/mol. The number of nitrogens with zero attached hydrogens (tertiary/aromatic N) is 1. The summed E-state index contributed by atoms with van der Waals surface area (Å²) in [5.74, 6) is 0.0439. The maximum Gasteiger partial charge on any atom is 0.333 e. The normalized spacial score (nSPS) is 14.6. The molecule has 174 valence electrons. The van der Waals surface area contributed by atoms with E-state index in [-0.39, 0.29) is 12.3 Å². The summed E-state index contributed by atoms with van der Waals surface area (Å²) in [4.78, 5) is 26.9. The van der Waals surface area contributed by atoms with E-state index in [1.807, 2.05) is 36.4 Å². The molecule has 0 bridgehead atoms. The number of carbonyl (C=O) groups is 2. The third-order valence-electron chi connectivity index (χ3n) is 5.56. The molecular weight excluding hydrogens is 507 g/mol. The molecule has 1 heterocycles. The van der Waals surface area contributed by atoms with Crippen molar-refractivity contribution in [2.45, 2.75) is 6.61 Å². The minimum Gasteiger partial charge on any atom is -0.488 e. The van der Waals surface area contributed by atoms with Crippen molar-refractivity contribution in [1.82, 2.24) is 5.32 Å². The number of hydrogen-bond acceptors (Lipinski definition) is 3. The highest BCUT2D eigenvalue weighted by Crippen LogP contribution is 2.33. The Morgan fingerprint density at radius 1 is 0.857 bits per heavy atom. The number of amides is 3. The molecule has 0 aromatic heterocycles.